The summed E-state index contributed by atoms with van der Waals surface area (Å²) in [5.74, 6) is -0.400. The Morgan fingerprint density at radius 1 is 1.03 bits per heavy atom. The van der Waals surface area contributed by atoms with Crippen LogP contribution in [0.2, 0.25) is 0 Å². The number of amides is 2. The van der Waals surface area contributed by atoms with Gasteiger partial charge in [0.25, 0.3) is 5.91 Å². The largest absolute Gasteiger partial charge is 0.368 e. The summed E-state index contributed by atoms with van der Waals surface area (Å²) in [6.07, 6.45) is 0.895. The highest BCUT2D eigenvalue weighted by Gasteiger charge is 2.37. The molecule has 0 bridgehead atoms. The van der Waals surface area contributed by atoms with Crippen LogP contribution in [0.5, 0.6) is 0 Å². The number of aromatic nitrogens is 2. The maximum absolute atomic E-state index is 13.3. The third-order valence-electron chi connectivity index (χ3n) is 6.04. The maximum atomic E-state index is 13.3. The van der Waals surface area contributed by atoms with Gasteiger partial charge >= 0.3 is 0 Å². The summed E-state index contributed by atoms with van der Waals surface area (Å²) in [5, 5.41) is 5.82. The summed E-state index contributed by atoms with van der Waals surface area (Å²) < 4.78 is 13.3. The SMILES string of the molecule is NC(=O)C1CC(C(=O)N2CCCN(c3nc4ccccc4[nH]3)CC2)=NN1c1ccc(F)cc1. The Hall–Kier alpha value is -3.95. The summed E-state index contributed by atoms with van der Waals surface area (Å²) in [5.41, 5.74) is 8.23. The minimum absolute atomic E-state index is 0.120. The van der Waals surface area contributed by atoms with E-state index in [2.05, 4.69) is 20.0 Å². The lowest BCUT2D eigenvalue weighted by Gasteiger charge is -2.21. The van der Waals surface area contributed by atoms with Gasteiger partial charge in [0, 0.05) is 32.6 Å². The number of halogens is 1. The smallest absolute Gasteiger partial charge is 0.270 e. The van der Waals surface area contributed by atoms with Crippen molar-refractivity contribution in [2.24, 2.45) is 10.8 Å². The number of nitrogens with zero attached hydrogens (tertiary/aromatic N) is 5. The van der Waals surface area contributed by atoms with Gasteiger partial charge in [0.1, 0.15) is 17.6 Å². The van der Waals surface area contributed by atoms with Gasteiger partial charge in [-0.15, -0.1) is 0 Å². The third-order valence-corrected chi connectivity index (χ3v) is 6.04. The first kappa shape index (κ1) is 20.9. The lowest BCUT2D eigenvalue weighted by atomic mass is 10.1. The van der Waals surface area contributed by atoms with Crippen molar-refractivity contribution < 1.29 is 14.0 Å². The van der Waals surface area contributed by atoms with Crippen LogP contribution in [0.25, 0.3) is 11.0 Å². The van der Waals surface area contributed by atoms with Crippen LogP contribution < -0.4 is 15.6 Å². The average molecular weight is 449 g/mol. The molecule has 0 saturated carbocycles. The van der Waals surface area contributed by atoms with Gasteiger partial charge in [-0.1, -0.05) is 12.1 Å². The predicted molar refractivity (Wildman–Crippen MR) is 123 cm³/mol. The van der Waals surface area contributed by atoms with E-state index in [1.54, 1.807) is 4.90 Å². The Morgan fingerprint density at radius 3 is 2.58 bits per heavy atom. The molecule has 33 heavy (non-hydrogen) atoms. The minimum Gasteiger partial charge on any atom is -0.368 e. The second-order valence-corrected chi connectivity index (χ2v) is 8.20. The second kappa shape index (κ2) is 8.53. The van der Waals surface area contributed by atoms with Gasteiger partial charge < -0.3 is 20.5 Å². The fourth-order valence-electron chi connectivity index (χ4n) is 4.30. The molecular formula is C23H24FN7O2. The number of benzene rings is 2. The van der Waals surface area contributed by atoms with Gasteiger partial charge in [-0.05, 0) is 42.8 Å². The fourth-order valence-corrected chi connectivity index (χ4v) is 4.30. The Balaban J connectivity index is 1.31. The number of hydrogen-bond acceptors (Lipinski definition) is 6. The number of anilines is 2. The van der Waals surface area contributed by atoms with E-state index in [-0.39, 0.29) is 18.0 Å². The summed E-state index contributed by atoms with van der Waals surface area (Å²) in [6, 6.07) is 12.7. The number of rotatable bonds is 4. The molecule has 170 valence electrons. The molecule has 10 heteroatoms. The highest BCUT2D eigenvalue weighted by atomic mass is 19.1. The van der Waals surface area contributed by atoms with E-state index in [0.717, 1.165) is 29.9 Å². The number of H-pyrrole nitrogens is 1. The normalized spacial score (nSPS) is 19.0. The van der Waals surface area contributed by atoms with Crippen LogP contribution in [0.4, 0.5) is 16.0 Å². The zero-order chi connectivity index (χ0) is 22.9. The van der Waals surface area contributed by atoms with Crippen LogP contribution >= 0.6 is 0 Å². The van der Waals surface area contributed by atoms with Crippen molar-refractivity contribution in [2.45, 2.75) is 18.9 Å². The molecule has 1 aromatic heterocycles. The van der Waals surface area contributed by atoms with Crippen LogP contribution in [0, 0.1) is 5.82 Å². The average Bonchev–Trinajstić information content (AvgIpc) is 3.37. The van der Waals surface area contributed by atoms with Crippen LogP contribution in [0.15, 0.2) is 53.6 Å². The molecule has 3 heterocycles. The van der Waals surface area contributed by atoms with Gasteiger partial charge in [0.2, 0.25) is 11.9 Å². The number of nitrogens with two attached hydrogens (primary N) is 1. The molecular weight excluding hydrogens is 425 g/mol. The topological polar surface area (TPSA) is 111 Å². The summed E-state index contributed by atoms with van der Waals surface area (Å²) in [7, 11) is 0. The van der Waals surface area contributed by atoms with Gasteiger partial charge in [-0.2, -0.15) is 5.10 Å². The van der Waals surface area contributed by atoms with Crippen molar-refractivity contribution in [3.8, 4) is 0 Å². The Bertz CT molecular complexity index is 1190. The van der Waals surface area contributed by atoms with Crippen LogP contribution in [-0.4, -0.2) is 64.6 Å². The molecule has 3 aromatic rings. The molecule has 5 rings (SSSR count). The number of carbonyl (C=O) groups excluding carboxylic acids is 2. The second-order valence-electron chi connectivity index (χ2n) is 8.20. The number of primary amides is 1. The van der Waals surface area contributed by atoms with E-state index in [1.165, 1.54) is 29.3 Å². The van der Waals surface area contributed by atoms with Gasteiger partial charge in [-0.3, -0.25) is 14.6 Å². The number of hydrogen-bond donors (Lipinski definition) is 2. The van der Waals surface area contributed by atoms with Crippen molar-refractivity contribution >= 4 is 40.2 Å². The summed E-state index contributed by atoms with van der Waals surface area (Å²) in [6.45, 7) is 2.47. The monoisotopic (exact) mass is 449 g/mol. The Morgan fingerprint density at radius 2 is 1.82 bits per heavy atom. The fraction of sp³-hybridized carbons (Fsp3) is 0.304. The quantitative estimate of drug-likeness (QED) is 0.632. The van der Waals surface area contributed by atoms with E-state index in [9.17, 15) is 14.0 Å². The predicted octanol–water partition coefficient (Wildman–Crippen LogP) is 1.86. The maximum Gasteiger partial charge on any atom is 0.270 e. The molecule has 2 amide bonds. The molecule has 9 nitrogen and oxygen atoms in total. The van der Waals surface area contributed by atoms with E-state index < -0.39 is 17.8 Å². The lowest BCUT2D eigenvalue weighted by molar-refractivity contribution is -0.124. The molecule has 1 saturated heterocycles. The summed E-state index contributed by atoms with van der Waals surface area (Å²) in [4.78, 5) is 37.2. The number of para-hydroxylation sites is 2. The molecule has 0 spiro atoms. The Labute approximate surface area is 189 Å². The van der Waals surface area contributed by atoms with Gasteiger partial charge in [0.15, 0.2) is 0 Å². The number of imidazole rings is 1. The van der Waals surface area contributed by atoms with Gasteiger partial charge in [0.05, 0.1) is 16.7 Å². The van der Waals surface area contributed by atoms with Gasteiger partial charge in [-0.25, -0.2) is 9.37 Å². The first-order chi connectivity index (χ1) is 16.0. The molecule has 2 aliphatic rings. The van der Waals surface area contributed by atoms with Crippen LogP contribution in [0.3, 0.4) is 0 Å². The van der Waals surface area contributed by atoms with E-state index in [1.807, 2.05) is 24.3 Å². The van der Waals surface area contributed by atoms with Crippen LogP contribution in [-0.2, 0) is 9.59 Å². The summed E-state index contributed by atoms with van der Waals surface area (Å²) >= 11 is 0. The van der Waals surface area contributed by atoms with Crippen molar-refractivity contribution in [1.29, 1.82) is 0 Å². The van der Waals surface area contributed by atoms with Crippen molar-refractivity contribution in [3.05, 3.63) is 54.3 Å². The first-order valence-corrected chi connectivity index (χ1v) is 10.9. The molecule has 1 atom stereocenters. The Kier molecular flexibility index (Phi) is 5.41. The molecule has 2 aliphatic heterocycles. The molecule has 0 aliphatic carbocycles. The number of carbonyl (C=O) groups is 2. The van der Waals surface area contributed by atoms with E-state index in [4.69, 9.17) is 5.73 Å². The van der Waals surface area contributed by atoms with Crippen molar-refractivity contribution in [3.63, 3.8) is 0 Å². The molecule has 1 fully saturated rings. The highest BCUT2D eigenvalue weighted by Crippen LogP contribution is 2.26. The van der Waals surface area contributed by atoms with E-state index >= 15 is 0 Å². The zero-order valence-electron chi connectivity index (χ0n) is 17.9. The number of fused-ring (bicyclic) bond motifs is 1. The number of hydrazone groups is 1. The lowest BCUT2D eigenvalue weighted by Crippen LogP contribution is -2.41. The molecule has 3 N–H and O–H groups in total. The minimum atomic E-state index is -0.784. The van der Waals surface area contributed by atoms with Crippen molar-refractivity contribution in [1.82, 2.24) is 14.9 Å². The zero-order valence-corrected chi connectivity index (χ0v) is 17.9. The standard InChI is InChI=1S/C23H24FN7O2/c24-15-6-8-16(9-7-15)31-20(21(25)32)14-19(28-31)22(33)29-10-3-11-30(13-12-29)23-26-17-4-1-2-5-18(17)27-23/h1-2,4-9,20H,3,10-14H2,(H2,25,32)(H,26,27). The highest BCUT2D eigenvalue weighted by molar-refractivity contribution is 6.40. The first-order valence-electron chi connectivity index (χ1n) is 10.9. The molecule has 2 aromatic carbocycles. The molecule has 1 unspecified atom stereocenters. The van der Waals surface area contributed by atoms with E-state index in [0.29, 0.717) is 25.3 Å². The number of aromatic amines is 1. The third kappa shape index (κ3) is 4.11. The molecule has 0 radical (unpaired) electrons. The van der Waals surface area contributed by atoms with Crippen LogP contribution in [0.1, 0.15) is 12.8 Å². The van der Waals surface area contributed by atoms with Crippen molar-refractivity contribution in [2.75, 3.05) is 36.1 Å². The number of nitrogens with one attached hydrogen (secondary N) is 1.